The van der Waals surface area contributed by atoms with Crippen molar-refractivity contribution in [2.24, 2.45) is 5.92 Å². The van der Waals surface area contributed by atoms with Crippen molar-refractivity contribution in [3.63, 3.8) is 0 Å². The van der Waals surface area contributed by atoms with Crippen molar-refractivity contribution >= 4 is 17.2 Å². The summed E-state index contributed by atoms with van der Waals surface area (Å²) in [6.45, 7) is 7.43. The highest BCUT2D eigenvalue weighted by Gasteiger charge is 2.36. The number of aromatic nitrogens is 1. The number of rotatable bonds is 6. The Labute approximate surface area is 176 Å². The summed E-state index contributed by atoms with van der Waals surface area (Å²) in [6, 6.07) is 7.46. The van der Waals surface area contributed by atoms with E-state index in [4.69, 9.17) is 9.47 Å². The summed E-state index contributed by atoms with van der Waals surface area (Å²) in [5.41, 5.74) is -0.105. The molecule has 0 aliphatic carbocycles. The Balaban J connectivity index is 1.67. The van der Waals surface area contributed by atoms with E-state index in [0.29, 0.717) is 32.5 Å². The van der Waals surface area contributed by atoms with E-state index in [1.54, 1.807) is 7.11 Å². The highest BCUT2D eigenvalue weighted by atomic mass is 32.1. The van der Waals surface area contributed by atoms with Crippen LogP contribution in [0.1, 0.15) is 48.7 Å². The van der Waals surface area contributed by atoms with E-state index in [0.717, 1.165) is 33.5 Å². The van der Waals surface area contributed by atoms with Crippen LogP contribution in [0.2, 0.25) is 0 Å². The van der Waals surface area contributed by atoms with Crippen molar-refractivity contribution in [1.82, 2.24) is 9.88 Å². The summed E-state index contributed by atoms with van der Waals surface area (Å²) in [5.74, 6) is 1.67. The third-order valence-electron chi connectivity index (χ3n) is 5.34. The molecule has 29 heavy (non-hydrogen) atoms. The Morgan fingerprint density at radius 2 is 1.93 bits per heavy atom. The normalized spacial score (nSPS) is 19.9. The predicted molar refractivity (Wildman–Crippen MR) is 113 cm³/mol. The first-order valence-electron chi connectivity index (χ1n) is 10.1. The molecule has 0 saturated carbocycles. The zero-order chi connectivity index (χ0) is 21.0. The number of benzene rings is 1. The second-order valence-corrected chi connectivity index (χ2v) is 8.94. The van der Waals surface area contributed by atoms with Crippen molar-refractivity contribution < 1.29 is 19.4 Å². The lowest BCUT2D eigenvalue weighted by atomic mass is 9.96. The average Bonchev–Trinajstić information content (AvgIpc) is 2.97. The lowest BCUT2D eigenvalue weighted by Gasteiger charge is -2.25. The molecule has 1 N–H and O–H groups in total. The number of hydrogen-bond donors (Lipinski definition) is 1. The number of thiazole rings is 1. The van der Waals surface area contributed by atoms with Crippen molar-refractivity contribution in [3.8, 4) is 11.5 Å². The number of nitrogens with zero attached hydrogens (tertiary/aromatic N) is 2. The molecule has 1 amide bonds. The van der Waals surface area contributed by atoms with Crippen molar-refractivity contribution in [3.05, 3.63) is 39.8 Å². The summed E-state index contributed by atoms with van der Waals surface area (Å²) < 4.78 is 11.0. The molecule has 2 aromatic rings. The molecule has 1 aliphatic rings. The third-order valence-corrected chi connectivity index (χ3v) is 6.66. The van der Waals surface area contributed by atoms with E-state index >= 15 is 0 Å². The van der Waals surface area contributed by atoms with Gasteiger partial charge in [-0.05, 0) is 44.0 Å². The Kier molecular flexibility index (Phi) is 6.80. The first-order chi connectivity index (χ1) is 13.8. The number of aliphatic hydroxyl groups is 1. The van der Waals surface area contributed by atoms with Crippen molar-refractivity contribution in [2.45, 2.75) is 52.2 Å². The van der Waals surface area contributed by atoms with Crippen LogP contribution in [0.15, 0.2) is 24.3 Å². The fraction of sp³-hybridized carbons (Fsp3) is 0.545. The van der Waals surface area contributed by atoms with Crippen molar-refractivity contribution in [2.75, 3.05) is 20.2 Å². The number of methoxy groups -OCH3 is 1. The van der Waals surface area contributed by atoms with Gasteiger partial charge in [-0.15, -0.1) is 11.3 Å². The second-order valence-electron chi connectivity index (χ2n) is 7.86. The molecule has 7 heteroatoms. The van der Waals surface area contributed by atoms with Crippen molar-refractivity contribution in [1.29, 1.82) is 0 Å². The SMILES string of the molecule is COc1ccc(OCc2sc([C@]3(O)CCCN(C(=O)C(C)C)CC3)nc2C)cc1. The van der Waals surface area contributed by atoms with Gasteiger partial charge in [0.25, 0.3) is 0 Å². The van der Waals surface area contributed by atoms with Gasteiger partial charge in [0.1, 0.15) is 28.7 Å². The molecule has 0 radical (unpaired) electrons. The zero-order valence-electron chi connectivity index (χ0n) is 17.6. The minimum absolute atomic E-state index is 0.0231. The van der Waals surface area contributed by atoms with Crippen LogP contribution in [0.5, 0.6) is 11.5 Å². The number of amides is 1. The topological polar surface area (TPSA) is 71.9 Å². The molecular formula is C22H30N2O4S. The van der Waals surface area contributed by atoms with E-state index < -0.39 is 5.60 Å². The average molecular weight is 419 g/mol. The number of carbonyl (C=O) groups is 1. The van der Waals surface area contributed by atoms with Crippen LogP contribution in [-0.4, -0.2) is 41.1 Å². The molecule has 1 fully saturated rings. The van der Waals surface area contributed by atoms with Crippen LogP contribution in [0.25, 0.3) is 0 Å². The largest absolute Gasteiger partial charge is 0.497 e. The minimum atomic E-state index is -0.986. The quantitative estimate of drug-likeness (QED) is 0.770. The molecule has 0 spiro atoms. The standard InChI is InChI=1S/C22H30N2O4S/c1-15(2)20(25)24-12-5-10-22(26,11-13-24)21-23-16(3)19(29-21)14-28-18-8-6-17(27-4)7-9-18/h6-9,15,26H,5,10-14H2,1-4H3/t22-/m0/s1. The molecule has 1 aromatic carbocycles. The number of ether oxygens (including phenoxy) is 2. The third kappa shape index (κ3) is 5.08. The first kappa shape index (κ1) is 21.6. The maximum absolute atomic E-state index is 12.3. The number of carbonyl (C=O) groups excluding carboxylic acids is 1. The Morgan fingerprint density at radius 3 is 2.59 bits per heavy atom. The Bertz CT molecular complexity index is 834. The molecule has 1 atom stereocenters. The number of hydrogen-bond acceptors (Lipinski definition) is 6. The minimum Gasteiger partial charge on any atom is -0.497 e. The van der Waals surface area contributed by atoms with Gasteiger partial charge in [0.15, 0.2) is 0 Å². The van der Waals surface area contributed by atoms with Crippen LogP contribution in [0, 0.1) is 12.8 Å². The molecule has 0 bridgehead atoms. The van der Waals surface area contributed by atoms with Gasteiger partial charge in [-0.1, -0.05) is 13.8 Å². The summed E-state index contributed by atoms with van der Waals surface area (Å²) >= 11 is 1.50. The van der Waals surface area contributed by atoms with Gasteiger partial charge in [-0.2, -0.15) is 0 Å². The van der Waals surface area contributed by atoms with Crippen LogP contribution >= 0.6 is 11.3 Å². The van der Waals surface area contributed by atoms with Gasteiger partial charge in [-0.3, -0.25) is 4.79 Å². The van der Waals surface area contributed by atoms with E-state index in [1.807, 2.05) is 49.9 Å². The smallest absolute Gasteiger partial charge is 0.225 e. The van der Waals surface area contributed by atoms with E-state index in [-0.39, 0.29) is 11.8 Å². The molecule has 1 saturated heterocycles. The number of likely N-dealkylation sites (tertiary alicyclic amines) is 1. The summed E-state index contributed by atoms with van der Waals surface area (Å²) in [7, 11) is 1.63. The van der Waals surface area contributed by atoms with Gasteiger partial charge >= 0.3 is 0 Å². The summed E-state index contributed by atoms with van der Waals surface area (Å²) in [4.78, 5) is 19.9. The van der Waals surface area contributed by atoms with E-state index in [2.05, 4.69) is 4.98 Å². The van der Waals surface area contributed by atoms with Gasteiger partial charge in [0.2, 0.25) is 5.91 Å². The highest BCUT2D eigenvalue weighted by molar-refractivity contribution is 7.11. The Morgan fingerprint density at radius 1 is 1.24 bits per heavy atom. The molecule has 0 unspecified atom stereocenters. The van der Waals surface area contributed by atoms with Gasteiger partial charge in [0.05, 0.1) is 17.7 Å². The number of aryl methyl sites for hydroxylation is 1. The molecule has 2 heterocycles. The van der Waals surface area contributed by atoms with Crippen LogP contribution in [0.4, 0.5) is 0 Å². The van der Waals surface area contributed by atoms with Gasteiger partial charge in [-0.25, -0.2) is 4.98 Å². The highest BCUT2D eigenvalue weighted by Crippen LogP contribution is 2.37. The maximum Gasteiger partial charge on any atom is 0.225 e. The lowest BCUT2D eigenvalue weighted by Crippen LogP contribution is -2.36. The summed E-state index contributed by atoms with van der Waals surface area (Å²) in [6.07, 6.45) is 1.89. The van der Waals surface area contributed by atoms with Crippen LogP contribution < -0.4 is 9.47 Å². The predicted octanol–water partition coefficient (Wildman–Crippen LogP) is 3.90. The van der Waals surface area contributed by atoms with Gasteiger partial charge in [0, 0.05) is 25.4 Å². The Hall–Kier alpha value is -2.12. The maximum atomic E-state index is 12.3. The zero-order valence-corrected chi connectivity index (χ0v) is 18.4. The fourth-order valence-corrected chi connectivity index (χ4v) is 4.62. The second kappa shape index (κ2) is 9.13. The molecule has 3 rings (SSSR count). The van der Waals surface area contributed by atoms with E-state index in [9.17, 15) is 9.90 Å². The fourth-order valence-electron chi connectivity index (χ4n) is 3.50. The lowest BCUT2D eigenvalue weighted by molar-refractivity contribution is -0.134. The van der Waals surface area contributed by atoms with Crippen LogP contribution in [-0.2, 0) is 17.0 Å². The van der Waals surface area contributed by atoms with Crippen LogP contribution in [0.3, 0.4) is 0 Å². The molecule has 1 aromatic heterocycles. The molecule has 1 aliphatic heterocycles. The monoisotopic (exact) mass is 418 g/mol. The van der Waals surface area contributed by atoms with Gasteiger partial charge < -0.3 is 19.5 Å². The van der Waals surface area contributed by atoms with E-state index in [1.165, 1.54) is 11.3 Å². The molecule has 6 nitrogen and oxygen atoms in total. The molecular weight excluding hydrogens is 388 g/mol. The first-order valence-corrected chi connectivity index (χ1v) is 10.9. The summed E-state index contributed by atoms with van der Waals surface area (Å²) in [5, 5.41) is 12.0. The molecule has 158 valence electrons.